The van der Waals surface area contributed by atoms with Gasteiger partial charge < -0.3 is 29.1 Å². The van der Waals surface area contributed by atoms with Crippen LogP contribution in [0.4, 0.5) is 11.4 Å². The molecule has 4 heterocycles. The van der Waals surface area contributed by atoms with Crippen molar-refractivity contribution in [2.24, 2.45) is 5.92 Å². The first-order valence-corrected chi connectivity index (χ1v) is 20.4. The number of benzene rings is 3. The van der Waals surface area contributed by atoms with Gasteiger partial charge in [-0.05, 0) is 60.0 Å². The fraction of sp³-hybridized carbons (Fsp3) is 0.421. The molecule has 0 radical (unpaired) electrons. The fourth-order valence-electron chi connectivity index (χ4n) is 8.38. The van der Waals surface area contributed by atoms with E-state index in [0.717, 1.165) is 33.9 Å². The van der Waals surface area contributed by atoms with Crippen LogP contribution in [0.2, 0.25) is 18.6 Å². The van der Waals surface area contributed by atoms with Crippen molar-refractivity contribution in [2.45, 2.75) is 69.6 Å². The summed E-state index contributed by atoms with van der Waals surface area (Å²) in [6, 6.07) is 22.1. The SMILES string of the molecule is COc1ccc([Si](C)(C)[C@H]2[C@H](CCn3cc(CCO)nn3)O[C@@]3(C(=O)N(Cc4cccc(N5CCC5=O)c4)c4ccc(OC)cc43)[C@@H]2C)cc1. The molecule has 0 saturated carbocycles. The molecule has 12 heteroatoms. The van der Waals surface area contributed by atoms with Gasteiger partial charge in [0.15, 0.2) is 5.60 Å². The molecule has 2 amide bonds. The van der Waals surface area contributed by atoms with Crippen LogP contribution in [-0.2, 0) is 39.4 Å². The predicted octanol–water partition coefficient (Wildman–Crippen LogP) is 4.42. The minimum Gasteiger partial charge on any atom is -0.497 e. The number of anilines is 2. The minimum atomic E-state index is -2.34. The summed E-state index contributed by atoms with van der Waals surface area (Å²) in [6.45, 7) is 8.53. The average molecular weight is 696 g/mol. The van der Waals surface area contributed by atoms with Crippen molar-refractivity contribution >= 4 is 36.4 Å². The third kappa shape index (κ3) is 5.68. The van der Waals surface area contributed by atoms with Crippen LogP contribution in [0.1, 0.15) is 36.6 Å². The van der Waals surface area contributed by atoms with E-state index in [2.05, 4.69) is 42.5 Å². The first-order chi connectivity index (χ1) is 24.1. The normalized spacial score (nSPS) is 23.0. The highest BCUT2D eigenvalue weighted by molar-refractivity contribution is 6.91. The topological polar surface area (TPSA) is 119 Å². The van der Waals surface area contributed by atoms with Gasteiger partial charge in [-0.3, -0.25) is 14.3 Å². The second-order valence-corrected chi connectivity index (χ2v) is 18.8. The molecule has 262 valence electrons. The van der Waals surface area contributed by atoms with E-state index in [9.17, 15) is 9.90 Å². The lowest BCUT2D eigenvalue weighted by atomic mass is 9.82. The van der Waals surface area contributed by atoms with Gasteiger partial charge in [0, 0.05) is 55.9 Å². The number of ether oxygens (including phenoxy) is 3. The van der Waals surface area contributed by atoms with Crippen LogP contribution in [0.3, 0.4) is 0 Å². The molecule has 11 nitrogen and oxygen atoms in total. The van der Waals surface area contributed by atoms with E-state index < -0.39 is 13.7 Å². The molecule has 0 unspecified atom stereocenters. The van der Waals surface area contributed by atoms with E-state index in [1.165, 1.54) is 5.19 Å². The molecule has 2 fully saturated rings. The van der Waals surface area contributed by atoms with Crippen LogP contribution >= 0.6 is 0 Å². The molecular weight excluding hydrogens is 651 g/mol. The summed E-state index contributed by atoms with van der Waals surface area (Å²) in [4.78, 5) is 31.0. The zero-order valence-electron chi connectivity index (χ0n) is 29.3. The maximum absolute atomic E-state index is 15.2. The molecule has 2 saturated heterocycles. The largest absolute Gasteiger partial charge is 0.497 e. The van der Waals surface area contributed by atoms with Crippen molar-refractivity contribution in [1.29, 1.82) is 0 Å². The number of hydrogen-bond acceptors (Lipinski definition) is 8. The van der Waals surface area contributed by atoms with Crippen LogP contribution in [0, 0.1) is 5.92 Å². The van der Waals surface area contributed by atoms with E-state index in [0.29, 0.717) is 44.6 Å². The Bertz CT molecular complexity index is 1900. The molecule has 4 aromatic rings. The van der Waals surface area contributed by atoms with Crippen molar-refractivity contribution in [2.75, 3.05) is 37.2 Å². The van der Waals surface area contributed by atoms with Gasteiger partial charge in [0.1, 0.15) is 11.5 Å². The van der Waals surface area contributed by atoms with Gasteiger partial charge in [0.25, 0.3) is 5.91 Å². The van der Waals surface area contributed by atoms with E-state index in [1.54, 1.807) is 23.8 Å². The summed E-state index contributed by atoms with van der Waals surface area (Å²) in [7, 11) is 0.970. The number of aliphatic hydroxyl groups is 1. The third-order valence-electron chi connectivity index (χ3n) is 11.1. The molecule has 50 heavy (non-hydrogen) atoms. The Morgan fingerprint density at radius 1 is 1.02 bits per heavy atom. The number of aromatic nitrogens is 3. The Kier molecular flexibility index (Phi) is 9.04. The molecule has 1 N–H and O–H groups in total. The van der Waals surface area contributed by atoms with Gasteiger partial charge in [-0.15, -0.1) is 5.10 Å². The molecule has 4 atom stereocenters. The van der Waals surface area contributed by atoms with Crippen LogP contribution in [-0.4, -0.2) is 73.5 Å². The Morgan fingerprint density at radius 3 is 2.46 bits per heavy atom. The number of fused-ring (bicyclic) bond motifs is 2. The van der Waals surface area contributed by atoms with Gasteiger partial charge >= 0.3 is 0 Å². The predicted molar refractivity (Wildman–Crippen MR) is 193 cm³/mol. The van der Waals surface area contributed by atoms with Crippen LogP contribution in [0.15, 0.2) is 72.9 Å². The second-order valence-electron chi connectivity index (χ2n) is 14.1. The molecule has 3 aliphatic rings. The summed E-state index contributed by atoms with van der Waals surface area (Å²) in [5.41, 5.74) is 2.97. The van der Waals surface area contributed by atoms with Gasteiger partial charge in [0.2, 0.25) is 5.91 Å². The van der Waals surface area contributed by atoms with E-state index >= 15 is 4.79 Å². The lowest BCUT2D eigenvalue weighted by Crippen LogP contribution is -2.51. The smallest absolute Gasteiger partial charge is 0.264 e. The van der Waals surface area contributed by atoms with Gasteiger partial charge in [-0.2, -0.15) is 0 Å². The summed E-state index contributed by atoms with van der Waals surface area (Å²) < 4.78 is 20.3. The summed E-state index contributed by atoms with van der Waals surface area (Å²) in [5, 5.41) is 19.2. The monoisotopic (exact) mass is 695 g/mol. The number of hydrogen-bond donors (Lipinski definition) is 1. The number of nitrogens with zero attached hydrogens (tertiary/aromatic N) is 5. The number of aryl methyl sites for hydroxylation is 1. The summed E-state index contributed by atoms with van der Waals surface area (Å²) in [6.07, 6.45) is 3.24. The highest BCUT2D eigenvalue weighted by Crippen LogP contribution is 2.60. The van der Waals surface area contributed by atoms with E-state index in [-0.39, 0.29) is 36.0 Å². The zero-order valence-corrected chi connectivity index (χ0v) is 30.3. The molecule has 0 aliphatic carbocycles. The standard InChI is InChI=1S/C38H45N5O6Si/c1-25-36(50(4,5)31-12-9-29(47-2)10-13-31)34(15-18-41-24-27(17-20-44)39-40-41)49-38(25)32-22-30(48-3)11-14-33(32)43(37(38)46)23-26-7-6-8-28(21-26)42-19-16-35(42)45/h6-14,21-22,24-25,34,36,44H,15-20,23H2,1-5H3/t25-,34+,36-,38+/m1/s1. The van der Waals surface area contributed by atoms with Crippen molar-refractivity contribution in [3.05, 3.63) is 89.7 Å². The second kappa shape index (κ2) is 13.3. The lowest BCUT2D eigenvalue weighted by Gasteiger charge is -2.37. The number of carbonyl (C=O) groups excluding carboxylic acids is 2. The molecular formula is C38H45N5O6Si. The zero-order chi connectivity index (χ0) is 35.2. The van der Waals surface area contributed by atoms with Gasteiger partial charge in [-0.1, -0.05) is 54.7 Å². The van der Waals surface area contributed by atoms with Crippen molar-refractivity contribution < 1.29 is 28.9 Å². The Balaban J connectivity index is 1.28. The Hall–Kier alpha value is -4.52. The van der Waals surface area contributed by atoms with Gasteiger partial charge in [-0.25, -0.2) is 0 Å². The molecule has 0 bridgehead atoms. The van der Waals surface area contributed by atoms with Crippen molar-refractivity contribution in [3.63, 3.8) is 0 Å². The highest BCUT2D eigenvalue weighted by Gasteiger charge is 2.66. The molecule has 3 aliphatic heterocycles. The van der Waals surface area contributed by atoms with Gasteiger partial charge in [0.05, 0.1) is 46.3 Å². The number of carbonyl (C=O) groups is 2. The summed E-state index contributed by atoms with van der Waals surface area (Å²) >= 11 is 0. The van der Waals surface area contributed by atoms with Crippen LogP contribution in [0.25, 0.3) is 0 Å². The van der Waals surface area contributed by atoms with E-state index in [4.69, 9.17) is 14.2 Å². The number of rotatable bonds is 12. The average Bonchev–Trinajstić information content (AvgIpc) is 3.76. The van der Waals surface area contributed by atoms with Crippen molar-refractivity contribution in [1.82, 2.24) is 15.0 Å². The molecule has 7 rings (SSSR count). The molecule has 1 spiro atoms. The van der Waals surface area contributed by atoms with Crippen molar-refractivity contribution in [3.8, 4) is 11.5 Å². The Labute approximate surface area is 293 Å². The molecule has 3 aromatic carbocycles. The number of methoxy groups -OCH3 is 2. The van der Waals surface area contributed by atoms with E-state index in [1.807, 2.05) is 65.7 Å². The van der Waals surface area contributed by atoms with Crippen LogP contribution < -0.4 is 24.5 Å². The maximum Gasteiger partial charge on any atom is 0.264 e. The quantitative estimate of drug-likeness (QED) is 0.171. The maximum atomic E-state index is 15.2. The number of β-lactam (4-membered cyclic amide) rings is 1. The first kappa shape index (κ1) is 33.9. The Morgan fingerprint density at radius 2 is 1.78 bits per heavy atom. The third-order valence-corrected chi connectivity index (χ3v) is 15.4. The number of aliphatic hydroxyl groups excluding tert-OH is 1. The fourth-order valence-corrected chi connectivity index (χ4v) is 12.4. The van der Waals surface area contributed by atoms with Crippen LogP contribution in [0.5, 0.6) is 11.5 Å². The lowest BCUT2D eigenvalue weighted by molar-refractivity contribution is -0.146. The molecule has 1 aromatic heterocycles. The highest BCUT2D eigenvalue weighted by atomic mass is 28.3. The first-order valence-electron chi connectivity index (χ1n) is 17.3. The number of amides is 2. The summed E-state index contributed by atoms with van der Waals surface area (Å²) in [5.74, 6) is 1.32. The minimum absolute atomic E-state index is 0.0103.